The number of rotatable bonds is 9. The Morgan fingerprint density at radius 2 is 1.56 bits per heavy atom. The largest absolute Gasteiger partial charge is 0.444 e. The molecule has 1 unspecified atom stereocenters. The fraction of sp³-hybridized carbons (Fsp3) is 0.375. The molecule has 2 aromatic rings. The zero-order valence-corrected chi connectivity index (χ0v) is 18.7. The maximum atomic E-state index is 13.2. The molecule has 0 bridgehead atoms. The summed E-state index contributed by atoms with van der Waals surface area (Å²) in [5.74, 6) is -0.909. The van der Waals surface area contributed by atoms with Crippen molar-refractivity contribution < 1.29 is 24.2 Å². The fourth-order valence-corrected chi connectivity index (χ4v) is 3.06. The molecule has 0 aliphatic rings. The van der Waals surface area contributed by atoms with Crippen LogP contribution in [0.15, 0.2) is 60.7 Å². The number of ether oxygens (including phenoxy) is 1. The van der Waals surface area contributed by atoms with Gasteiger partial charge in [-0.2, -0.15) is 0 Å². The Labute approximate surface area is 188 Å². The van der Waals surface area contributed by atoms with E-state index in [-0.39, 0.29) is 25.6 Å². The first-order valence-electron chi connectivity index (χ1n) is 10.4. The van der Waals surface area contributed by atoms with Crippen LogP contribution in [0.1, 0.15) is 37.9 Å². The summed E-state index contributed by atoms with van der Waals surface area (Å²) in [4.78, 5) is 39.3. The molecule has 3 N–H and O–H groups in total. The molecule has 2 rings (SSSR count). The topological polar surface area (TPSA) is 108 Å². The van der Waals surface area contributed by atoms with Crippen molar-refractivity contribution in [3.05, 3.63) is 71.8 Å². The molecule has 0 fully saturated rings. The number of carbonyl (C=O) groups is 3. The van der Waals surface area contributed by atoms with E-state index in [1.807, 2.05) is 36.4 Å². The molecule has 0 saturated heterocycles. The smallest absolute Gasteiger partial charge is 0.408 e. The summed E-state index contributed by atoms with van der Waals surface area (Å²) in [5, 5.41) is 14.8. The van der Waals surface area contributed by atoms with Crippen LogP contribution in [0.4, 0.5) is 4.79 Å². The van der Waals surface area contributed by atoms with E-state index in [1.54, 1.807) is 45.0 Å². The minimum atomic E-state index is -0.972. The third kappa shape index (κ3) is 8.03. The Morgan fingerprint density at radius 3 is 2.12 bits per heavy atom. The second kappa shape index (κ2) is 11.9. The lowest BCUT2D eigenvalue weighted by Crippen LogP contribution is -2.48. The summed E-state index contributed by atoms with van der Waals surface area (Å²) >= 11 is 0. The van der Waals surface area contributed by atoms with Gasteiger partial charge in [-0.05, 0) is 31.9 Å². The van der Waals surface area contributed by atoms with Crippen LogP contribution in [-0.2, 0) is 20.9 Å². The summed E-state index contributed by atoms with van der Waals surface area (Å²) in [7, 11) is 0. The molecule has 32 heavy (non-hydrogen) atoms. The highest BCUT2D eigenvalue weighted by atomic mass is 16.6. The van der Waals surface area contributed by atoms with Gasteiger partial charge in [0.2, 0.25) is 11.8 Å². The molecular formula is C24H31N3O5. The van der Waals surface area contributed by atoms with Crippen molar-refractivity contribution >= 4 is 17.9 Å². The maximum absolute atomic E-state index is 13.2. The third-order valence-electron chi connectivity index (χ3n) is 4.43. The van der Waals surface area contributed by atoms with Gasteiger partial charge in [-0.1, -0.05) is 60.7 Å². The highest BCUT2D eigenvalue weighted by molar-refractivity contribution is 5.90. The van der Waals surface area contributed by atoms with Gasteiger partial charge < -0.3 is 25.4 Å². The average molecular weight is 442 g/mol. The van der Waals surface area contributed by atoms with Crippen LogP contribution in [0.3, 0.4) is 0 Å². The normalized spacial score (nSPS) is 11.9. The number of benzene rings is 2. The van der Waals surface area contributed by atoms with Crippen molar-refractivity contribution in [3.63, 3.8) is 0 Å². The summed E-state index contributed by atoms with van der Waals surface area (Å²) in [6.45, 7) is 4.66. The van der Waals surface area contributed by atoms with Crippen LogP contribution in [-0.4, -0.2) is 53.2 Å². The van der Waals surface area contributed by atoms with Gasteiger partial charge >= 0.3 is 6.09 Å². The Kier molecular flexibility index (Phi) is 9.22. The molecule has 0 aliphatic carbocycles. The Bertz CT molecular complexity index is 882. The molecule has 3 amide bonds. The van der Waals surface area contributed by atoms with E-state index >= 15 is 0 Å². The van der Waals surface area contributed by atoms with Gasteiger partial charge in [0, 0.05) is 13.1 Å². The summed E-state index contributed by atoms with van der Waals surface area (Å²) in [6.07, 6.45) is -0.736. The molecule has 0 saturated carbocycles. The molecule has 0 aliphatic heterocycles. The van der Waals surface area contributed by atoms with Gasteiger partial charge in [0.1, 0.15) is 18.2 Å². The standard InChI is InChI=1S/C24H31N3O5/c1-24(2,3)32-23(31)26-17-20(29)27(14-15-28)21(19-12-8-5-9-13-19)22(30)25-16-18-10-6-4-7-11-18/h4-13,21,28H,14-17H2,1-3H3,(H,25,30)(H,26,31). The molecule has 8 heteroatoms. The molecule has 0 heterocycles. The average Bonchev–Trinajstić information content (AvgIpc) is 2.76. The Morgan fingerprint density at radius 1 is 0.969 bits per heavy atom. The van der Waals surface area contributed by atoms with E-state index in [9.17, 15) is 19.5 Å². The lowest BCUT2D eigenvalue weighted by atomic mass is 10.0. The number of carbonyl (C=O) groups excluding carboxylic acids is 3. The van der Waals surface area contributed by atoms with E-state index in [0.717, 1.165) is 5.56 Å². The van der Waals surface area contributed by atoms with Crippen LogP contribution in [0.5, 0.6) is 0 Å². The number of amides is 3. The Hall–Kier alpha value is -3.39. The minimum absolute atomic E-state index is 0.0762. The molecular weight excluding hydrogens is 410 g/mol. The first-order chi connectivity index (χ1) is 15.2. The number of alkyl carbamates (subject to hydrolysis) is 1. The van der Waals surface area contributed by atoms with Crippen molar-refractivity contribution in [2.24, 2.45) is 0 Å². The molecule has 8 nitrogen and oxygen atoms in total. The fourth-order valence-electron chi connectivity index (χ4n) is 3.06. The number of aliphatic hydroxyl groups excluding tert-OH is 1. The SMILES string of the molecule is CC(C)(C)OC(=O)NCC(=O)N(CCO)C(C(=O)NCc1ccccc1)c1ccccc1. The van der Waals surface area contributed by atoms with Crippen LogP contribution >= 0.6 is 0 Å². The van der Waals surface area contributed by atoms with Gasteiger partial charge in [-0.15, -0.1) is 0 Å². The van der Waals surface area contributed by atoms with E-state index in [1.165, 1.54) is 4.90 Å². The van der Waals surface area contributed by atoms with Gasteiger partial charge in [0.25, 0.3) is 0 Å². The highest BCUT2D eigenvalue weighted by Crippen LogP contribution is 2.21. The van der Waals surface area contributed by atoms with Gasteiger partial charge in [0.15, 0.2) is 0 Å². The predicted molar refractivity (Wildman–Crippen MR) is 121 cm³/mol. The molecule has 2 aromatic carbocycles. The van der Waals surface area contributed by atoms with Gasteiger partial charge in [-0.25, -0.2) is 4.79 Å². The molecule has 0 radical (unpaired) electrons. The van der Waals surface area contributed by atoms with Gasteiger partial charge in [-0.3, -0.25) is 9.59 Å². The number of nitrogens with one attached hydrogen (secondary N) is 2. The molecule has 0 aromatic heterocycles. The van der Waals surface area contributed by atoms with Crippen molar-refractivity contribution in [1.82, 2.24) is 15.5 Å². The molecule has 1 atom stereocenters. The Balaban J connectivity index is 2.18. The van der Waals surface area contributed by atoms with E-state index in [4.69, 9.17) is 4.74 Å². The van der Waals surface area contributed by atoms with Crippen molar-refractivity contribution in [2.75, 3.05) is 19.7 Å². The number of nitrogens with zero attached hydrogens (tertiary/aromatic N) is 1. The number of aliphatic hydroxyl groups is 1. The van der Waals surface area contributed by atoms with Crippen LogP contribution in [0.2, 0.25) is 0 Å². The van der Waals surface area contributed by atoms with E-state index in [0.29, 0.717) is 12.1 Å². The molecule has 0 spiro atoms. The van der Waals surface area contributed by atoms with E-state index < -0.39 is 23.6 Å². The second-order valence-electron chi connectivity index (χ2n) is 8.18. The zero-order valence-electron chi connectivity index (χ0n) is 18.7. The summed E-state index contributed by atoms with van der Waals surface area (Å²) in [5.41, 5.74) is 0.804. The lowest BCUT2D eigenvalue weighted by molar-refractivity contribution is -0.140. The number of hydrogen-bond donors (Lipinski definition) is 3. The van der Waals surface area contributed by atoms with Crippen LogP contribution in [0.25, 0.3) is 0 Å². The van der Waals surface area contributed by atoms with Crippen molar-refractivity contribution in [3.8, 4) is 0 Å². The third-order valence-corrected chi connectivity index (χ3v) is 4.43. The maximum Gasteiger partial charge on any atom is 0.408 e. The van der Waals surface area contributed by atoms with Crippen molar-refractivity contribution in [2.45, 2.75) is 39.0 Å². The minimum Gasteiger partial charge on any atom is -0.444 e. The van der Waals surface area contributed by atoms with E-state index in [2.05, 4.69) is 10.6 Å². The zero-order chi connectivity index (χ0) is 23.6. The monoisotopic (exact) mass is 441 g/mol. The summed E-state index contributed by atoms with van der Waals surface area (Å²) < 4.78 is 5.16. The second-order valence-corrected chi connectivity index (χ2v) is 8.18. The number of hydrogen-bond acceptors (Lipinski definition) is 5. The first kappa shape index (κ1) is 24.9. The first-order valence-corrected chi connectivity index (χ1v) is 10.4. The summed E-state index contributed by atoms with van der Waals surface area (Å²) in [6, 6.07) is 17.3. The van der Waals surface area contributed by atoms with Crippen LogP contribution < -0.4 is 10.6 Å². The predicted octanol–water partition coefficient (Wildman–Crippen LogP) is 2.39. The van der Waals surface area contributed by atoms with Crippen molar-refractivity contribution in [1.29, 1.82) is 0 Å². The molecule has 172 valence electrons. The quantitative estimate of drug-likeness (QED) is 0.554. The van der Waals surface area contributed by atoms with Crippen LogP contribution in [0, 0.1) is 0 Å². The van der Waals surface area contributed by atoms with Gasteiger partial charge in [0.05, 0.1) is 6.61 Å². The highest BCUT2D eigenvalue weighted by Gasteiger charge is 2.31. The lowest BCUT2D eigenvalue weighted by Gasteiger charge is -2.31.